The van der Waals surface area contributed by atoms with Crippen LogP contribution in [0.4, 0.5) is 18.0 Å². The maximum Gasteiger partial charge on any atom is 0.420 e. The van der Waals surface area contributed by atoms with Crippen molar-refractivity contribution in [2.45, 2.75) is 45.5 Å². The highest BCUT2D eigenvalue weighted by Gasteiger charge is 2.39. The number of pyridine rings is 1. The number of cyclic esters (lactones) is 1. The Bertz CT molecular complexity index is 1250. The summed E-state index contributed by atoms with van der Waals surface area (Å²) in [5.41, 5.74) is -1.05. The molecule has 5 heterocycles. The zero-order valence-electron chi connectivity index (χ0n) is 18.0. The lowest BCUT2D eigenvalue weighted by molar-refractivity contribution is -0.136. The second kappa shape index (κ2) is 9.10. The molecule has 3 aromatic heterocycles. The third-order valence-corrected chi connectivity index (χ3v) is 6.66. The molecule has 0 unspecified atom stereocenters. The summed E-state index contributed by atoms with van der Waals surface area (Å²) in [6.45, 7) is 2.86. The van der Waals surface area contributed by atoms with Crippen LogP contribution in [0.15, 0.2) is 35.3 Å². The summed E-state index contributed by atoms with van der Waals surface area (Å²) in [5, 5.41) is -0.199. The smallest absolute Gasteiger partial charge is 0.420 e. The molecule has 0 N–H and O–H groups in total. The Balaban J connectivity index is 0.00000289. The molecule has 1 atom stereocenters. The van der Waals surface area contributed by atoms with Crippen molar-refractivity contribution < 1.29 is 31.9 Å². The fourth-order valence-corrected chi connectivity index (χ4v) is 4.83. The van der Waals surface area contributed by atoms with E-state index in [4.69, 9.17) is 20.8 Å². The van der Waals surface area contributed by atoms with Crippen LogP contribution in [0.5, 0.6) is 0 Å². The van der Waals surface area contributed by atoms with Crippen LogP contribution in [-0.2, 0) is 10.9 Å². The summed E-state index contributed by atoms with van der Waals surface area (Å²) in [6, 6.07) is 2.37. The van der Waals surface area contributed by atoms with Gasteiger partial charge in [0.25, 0.3) is 5.91 Å². The first kappa shape index (κ1) is 24.9. The number of halogens is 4. The molecule has 8 nitrogen and oxygen atoms in total. The molecule has 0 saturated carbocycles. The molecular formula is C23H24ClF3N4O4. The van der Waals surface area contributed by atoms with Crippen LogP contribution in [0, 0.1) is 0 Å². The number of nitrogens with zero attached hydrogens (tertiary/aromatic N) is 4. The van der Waals surface area contributed by atoms with Crippen LogP contribution in [0.1, 0.15) is 43.2 Å². The van der Waals surface area contributed by atoms with Crippen LogP contribution < -0.4 is 0 Å². The van der Waals surface area contributed by atoms with Crippen molar-refractivity contribution in [3.8, 4) is 11.1 Å². The van der Waals surface area contributed by atoms with Crippen molar-refractivity contribution >= 4 is 29.2 Å². The van der Waals surface area contributed by atoms with E-state index >= 15 is 0 Å². The Kier molecular flexibility index (Phi) is 6.48. The molecule has 0 spiro atoms. The lowest BCUT2D eigenvalue weighted by atomic mass is 10.0. The van der Waals surface area contributed by atoms with Crippen molar-refractivity contribution in [2.75, 3.05) is 19.7 Å². The Morgan fingerprint density at radius 1 is 1.23 bits per heavy atom. The van der Waals surface area contributed by atoms with Crippen molar-refractivity contribution in [3.63, 3.8) is 0 Å². The predicted octanol–water partition coefficient (Wildman–Crippen LogP) is 5.35. The van der Waals surface area contributed by atoms with E-state index in [-0.39, 0.29) is 42.0 Å². The van der Waals surface area contributed by atoms with E-state index in [1.54, 1.807) is 4.90 Å². The molecule has 2 aliphatic rings. The Hall–Kier alpha value is -3.21. The molecule has 0 aromatic carbocycles. The molecule has 188 valence electrons. The number of carbonyl (C=O) groups excluding carboxylic acids is 2. The molecule has 35 heavy (non-hydrogen) atoms. The topological polar surface area (TPSA) is 80.3 Å². The first-order valence-corrected chi connectivity index (χ1v) is 11.1. The highest BCUT2D eigenvalue weighted by molar-refractivity contribution is 6.33. The van der Waals surface area contributed by atoms with E-state index in [0.717, 1.165) is 10.5 Å². The maximum absolute atomic E-state index is 13.8. The van der Waals surface area contributed by atoms with Gasteiger partial charge in [0.05, 0.1) is 24.1 Å². The first-order chi connectivity index (χ1) is 16.1. The molecule has 2 fully saturated rings. The van der Waals surface area contributed by atoms with Crippen LogP contribution in [-0.4, -0.2) is 63.0 Å². The molecule has 2 saturated heterocycles. The highest BCUT2D eigenvalue weighted by atomic mass is 35.5. The fraction of sp³-hybridized carbons (Fsp3) is 0.435. The van der Waals surface area contributed by atoms with E-state index in [9.17, 15) is 22.8 Å². The van der Waals surface area contributed by atoms with Gasteiger partial charge in [-0.15, -0.1) is 0 Å². The van der Waals surface area contributed by atoms with Crippen LogP contribution in [0.25, 0.3) is 16.8 Å². The van der Waals surface area contributed by atoms with Gasteiger partial charge in [0.2, 0.25) is 0 Å². The summed E-state index contributed by atoms with van der Waals surface area (Å²) >= 11 is 6.39. The van der Waals surface area contributed by atoms with E-state index in [1.807, 2.05) is 6.92 Å². The van der Waals surface area contributed by atoms with Crippen molar-refractivity contribution in [1.82, 2.24) is 19.2 Å². The summed E-state index contributed by atoms with van der Waals surface area (Å²) in [7, 11) is 0. The van der Waals surface area contributed by atoms with Gasteiger partial charge in [-0.05, 0) is 31.9 Å². The minimum Gasteiger partial charge on any atom is -0.472 e. The minimum absolute atomic E-state index is 0. The second-order valence-electron chi connectivity index (χ2n) is 8.45. The van der Waals surface area contributed by atoms with Crippen molar-refractivity contribution in [1.29, 1.82) is 0 Å². The zero-order chi connectivity index (χ0) is 24.2. The zero-order valence-corrected chi connectivity index (χ0v) is 18.8. The molecule has 2 amide bonds. The number of hydrogen-bond donors (Lipinski definition) is 0. The largest absolute Gasteiger partial charge is 0.472 e. The fourth-order valence-electron chi connectivity index (χ4n) is 4.58. The van der Waals surface area contributed by atoms with E-state index in [0.29, 0.717) is 38.1 Å². The van der Waals surface area contributed by atoms with Gasteiger partial charge in [-0.25, -0.2) is 9.78 Å². The molecule has 12 heteroatoms. The van der Waals surface area contributed by atoms with Crippen LogP contribution >= 0.6 is 11.6 Å². The van der Waals surface area contributed by atoms with E-state index in [2.05, 4.69) is 4.98 Å². The van der Waals surface area contributed by atoms with Gasteiger partial charge >= 0.3 is 12.3 Å². The lowest BCUT2D eigenvalue weighted by Crippen LogP contribution is -2.49. The SMILES string of the molecule is C.C[C@H]1COC(=O)N1C1CCN(C(=O)c2nc3c(C(F)(F)F)cc(-c4ccoc4)cn3c2Cl)CC1. The second-order valence-corrected chi connectivity index (χ2v) is 8.81. The van der Waals surface area contributed by atoms with Gasteiger partial charge in [-0.3, -0.25) is 14.1 Å². The highest BCUT2D eigenvalue weighted by Crippen LogP contribution is 2.37. The third kappa shape index (κ3) is 4.33. The number of furan rings is 1. The number of fused-ring (bicyclic) bond motifs is 1. The summed E-state index contributed by atoms with van der Waals surface area (Å²) in [5.74, 6) is -0.554. The lowest BCUT2D eigenvalue weighted by Gasteiger charge is -2.36. The number of imidazole rings is 1. The summed E-state index contributed by atoms with van der Waals surface area (Å²) in [6.07, 6.45) is 0.0315. The molecule has 0 bridgehead atoms. The molecular weight excluding hydrogens is 489 g/mol. The number of rotatable bonds is 3. The Morgan fingerprint density at radius 3 is 2.51 bits per heavy atom. The van der Waals surface area contributed by atoms with Gasteiger partial charge in [-0.1, -0.05) is 19.0 Å². The number of carbonyl (C=O) groups is 2. The molecule has 2 aliphatic heterocycles. The molecule has 0 aliphatic carbocycles. The average Bonchev–Trinajstić information content (AvgIpc) is 3.52. The molecule has 3 aromatic rings. The number of piperidine rings is 1. The summed E-state index contributed by atoms with van der Waals surface area (Å²) in [4.78, 5) is 32.4. The minimum atomic E-state index is -4.71. The van der Waals surface area contributed by atoms with Crippen LogP contribution in [0.2, 0.25) is 5.15 Å². The van der Waals surface area contributed by atoms with Crippen LogP contribution in [0.3, 0.4) is 0 Å². The maximum atomic E-state index is 13.8. The monoisotopic (exact) mass is 512 g/mol. The van der Waals surface area contributed by atoms with Gasteiger partial charge in [0.15, 0.2) is 11.3 Å². The number of ether oxygens (including phenoxy) is 1. The van der Waals surface area contributed by atoms with Crippen molar-refractivity contribution in [2.24, 2.45) is 0 Å². The van der Waals surface area contributed by atoms with Gasteiger partial charge in [-0.2, -0.15) is 13.2 Å². The predicted molar refractivity (Wildman–Crippen MR) is 121 cm³/mol. The number of aromatic nitrogens is 2. The Labute approximate surface area is 204 Å². The average molecular weight is 513 g/mol. The number of amides is 2. The van der Waals surface area contributed by atoms with E-state index in [1.165, 1.54) is 29.7 Å². The standard InChI is InChI=1S/C22H20ClF3N4O4.CH4/c1-12-10-34-21(32)30(12)15-2-5-28(6-3-15)20(31)17-18(23)29-9-14(13-4-7-33-11-13)8-16(19(29)27-17)22(24,25)26;/h4,7-9,11-12,15H,2-3,5-6,10H2,1H3;1H4/t12-;/m0./s1. The Morgan fingerprint density at radius 2 is 1.94 bits per heavy atom. The van der Waals surface area contributed by atoms with Crippen molar-refractivity contribution in [3.05, 3.63) is 47.3 Å². The van der Waals surface area contributed by atoms with E-state index < -0.39 is 23.3 Å². The quantitative estimate of drug-likeness (QED) is 0.473. The van der Waals surface area contributed by atoms with Gasteiger partial charge in [0.1, 0.15) is 11.8 Å². The number of likely N-dealkylation sites (tertiary alicyclic amines) is 1. The first-order valence-electron chi connectivity index (χ1n) is 10.7. The third-order valence-electron chi connectivity index (χ3n) is 6.30. The molecule has 5 rings (SSSR count). The number of hydrogen-bond acceptors (Lipinski definition) is 5. The van der Waals surface area contributed by atoms with Gasteiger partial charge in [0, 0.05) is 36.5 Å². The number of alkyl halides is 3. The normalized spacial score (nSPS) is 19.2. The van der Waals surface area contributed by atoms with Gasteiger partial charge < -0.3 is 14.1 Å². The summed E-state index contributed by atoms with van der Waals surface area (Å²) < 4.78 is 52.6. The molecule has 0 radical (unpaired) electrons.